The summed E-state index contributed by atoms with van der Waals surface area (Å²) >= 11 is 0. The van der Waals surface area contributed by atoms with Gasteiger partial charge in [0.05, 0.1) is 6.61 Å². The Balaban J connectivity index is 2.04. The summed E-state index contributed by atoms with van der Waals surface area (Å²) in [5.41, 5.74) is 8.41. The molecule has 2 rings (SSSR count). The molecule has 0 spiro atoms. The van der Waals surface area contributed by atoms with Gasteiger partial charge in [-0.25, -0.2) is 0 Å². The number of rotatable bonds is 5. The Morgan fingerprint density at radius 1 is 1.33 bits per heavy atom. The van der Waals surface area contributed by atoms with Gasteiger partial charge in [0.25, 0.3) is 0 Å². The molecule has 0 saturated carbocycles. The first-order valence-electron chi connectivity index (χ1n) is 6.93. The van der Waals surface area contributed by atoms with E-state index >= 15 is 0 Å². The summed E-state index contributed by atoms with van der Waals surface area (Å²) in [6, 6.07) is 9.04. The van der Waals surface area contributed by atoms with Gasteiger partial charge in [-0.05, 0) is 30.5 Å². The summed E-state index contributed by atoms with van der Waals surface area (Å²) < 4.78 is 5.59. The molecular weight excluding hydrogens is 224 g/mol. The fraction of sp³-hybridized carbons (Fsp3) is 0.600. The lowest BCUT2D eigenvalue weighted by atomic mass is 10.0. The van der Waals surface area contributed by atoms with Crippen molar-refractivity contribution in [1.29, 1.82) is 0 Å². The maximum atomic E-state index is 5.80. The standard InChI is InChI=1S/C15H24N2O/c1-2-17(15-8-5-9-18-12-15)11-14-7-4-3-6-13(14)10-16/h3-4,6-7,15H,2,5,8-12,16H2,1H3. The monoisotopic (exact) mass is 248 g/mol. The predicted octanol–water partition coefficient (Wildman–Crippen LogP) is 2.15. The minimum atomic E-state index is 0.564. The van der Waals surface area contributed by atoms with Crippen LogP contribution in [0.15, 0.2) is 24.3 Å². The third kappa shape index (κ3) is 3.31. The van der Waals surface area contributed by atoms with E-state index in [0.717, 1.165) is 26.3 Å². The topological polar surface area (TPSA) is 38.5 Å². The molecule has 0 bridgehead atoms. The Morgan fingerprint density at radius 3 is 2.72 bits per heavy atom. The molecule has 0 amide bonds. The highest BCUT2D eigenvalue weighted by atomic mass is 16.5. The van der Waals surface area contributed by atoms with Crippen LogP contribution in [0.25, 0.3) is 0 Å². The number of nitrogens with zero attached hydrogens (tertiary/aromatic N) is 1. The molecule has 100 valence electrons. The van der Waals surface area contributed by atoms with E-state index in [-0.39, 0.29) is 0 Å². The first-order chi connectivity index (χ1) is 8.85. The van der Waals surface area contributed by atoms with Gasteiger partial charge in [-0.2, -0.15) is 0 Å². The van der Waals surface area contributed by atoms with Crippen LogP contribution < -0.4 is 5.73 Å². The van der Waals surface area contributed by atoms with Gasteiger partial charge in [0.15, 0.2) is 0 Å². The van der Waals surface area contributed by atoms with E-state index in [0.29, 0.717) is 12.6 Å². The van der Waals surface area contributed by atoms with Crippen molar-refractivity contribution in [3.8, 4) is 0 Å². The zero-order valence-electron chi connectivity index (χ0n) is 11.3. The highest BCUT2D eigenvalue weighted by Gasteiger charge is 2.20. The van der Waals surface area contributed by atoms with Crippen LogP contribution in [0.4, 0.5) is 0 Å². The highest BCUT2D eigenvalue weighted by molar-refractivity contribution is 5.26. The van der Waals surface area contributed by atoms with Crippen LogP contribution in [-0.2, 0) is 17.8 Å². The molecule has 1 unspecified atom stereocenters. The molecule has 0 aromatic heterocycles. The van der Waals surface area contributed by atoms with E-state index in [9.17, 15) is 0 Å². The molecule has 1 atom stereocenters. The molecule has 3 nitrogen and oxygen atoms in total. The van der Waals surface area contributed by atoms with E-state index in [1.807, 2.05) is 0 Å². The third-order valence-corrected chi connectivity index (χ3v) is 3.77. The maximum Gasteiger partial charge on any atom is 0.0621 e. The molecule has 1 heterocycles. The van der Waals surface area contributed by atoms with Crippen molar-refractivity contribution in [1.82, 2.24) is 4.90 Å². The fourth-order valence-corrected chi connectivity index (χ4v) is 2.64. The molecule has 1 aliphatic rings. The minimum absolute atomic E-state index is 0.564. The molecule has 0 aliphatic carbocycles. The number of likely N-dealkylation sites (N-methyl/N-ethyl adjacent to an activating group) is 1. The number of benzene rings is 1. The molecule has 1 fully saturated rings. The average Bonchev–Trinajstić information content (AvgIpc) is 2.46. The molecule has 2 N–H and O–H groups in total. The number of hydrogen-bond donors (Lipinski definition) is 1. The second kappa shape index (κ2) is 6.88. The SMILES string of the molecule is CCN(Cc1ccccc1CN)C1CCCOC1. The van der Waals surface area contributed by atoms with Crippen molar-refractivity contribution in [2.75, 3.05) is 19.8 Å². The van der Waals surface area contributed by atoms with Crippen molar-refractivity contribution in [3.05, 3.63) is 35.4 Å². The molecule has 1 aromatic carbocycles. The predicted molar refractivity (Wildman–Crippen MR) is 74.3 cm³/mol. The molecule has 18 heavy (non-hydrogen) atoms. The zero-order chi connectivity index (χ0) is 12.8. The van der Waals surface area contributed by atoms with Gasteiger partial charge < -0.3 is 10.5 Å². The van der Waals surface area contributed by atoms with Crippen LogP contribution in [0.2, 0.25) is 0 Å². The minimum Gasteiger partial charge on any atom is -0.380 e. The largest absolute Gasteiger partial charge is 0.380 e. The smallest absolute Gasteiger partial charge is 0.0621 e. The van der Waals surface area contributed by atoms with E-state index in [2.05, 4.69) is 36.1 Å². The number of ether oxygens (including phenoxy) is 1. The fourth-order valence-electron chi connectivity index (χ4n) is 2.64. The Bertz CT molecular complexity index is 361. The Hall–Kier alpha value is -0.900. The van der Waals surface area contributed by atoms with Gasteiger partial charge in [-0.3, -0.25) is 4.90 Å². The number of nitrogens with two attached hydrogens (primary N) is 1. The van der Waals surface area contributed by atoms with Crippen LogP contribution in [0, 0.1) is 0 Å². The Kier molecular flexibility index (Phi) is 5.17. The second-order valence-electron chi connectivity index (χ2n) is 4.91. The second-order valence-corrected chi connectivity index (χ2v) is 4.91. The van der Waals surface area contributed by atoms with Crippen LogP contribution in [-0.4, -0.2) is 30.7 Å². The summed E-state index contributed by atoms with van der Waals surface area (Å²) in [4.78, 5) is 2.51. The van der Waals surface area contributed by atoms with Gasteiger partial charge >= 0.3 is 0 Å². The van der Waals surface area contributed by atoms with Crippen LogP contribution in [0.3, 0.4) is 0 Å². The van der Waals surface area contributed by atoms with Crippen molar-refractivity contribution in [2.24, 2.45) is 5.73 Å². The van der Waals surface area contributed by atoms with Crippen LogP contribution >= 0.6 is 0 Å². The van der Waals surface area contributed by atoms with Crippen molar-refractivity contribution >= 4 is 0 Å². The molecular formula is C15H24N2O. The quantitative estimate of drug-likeness (QED) is 0.867. The molecule has 0 radical (unpaired) electrons. The van der Waals surface area contributed by atoms with E-state index in [4.69, 9.17) is 10.5 Å². The van der Waals surface area contributed by atoms with Crippen molar-refractivity contribution < 1.29 is 4.74 Å². The first kappa shape index (κ1) is 13.5. The van der Waals surface area contributed by atoms with Gasteiger partial charge in [-0.15, -0.1) is 0 Å². The summed E-state index contributed by atoms with van der Waals surface area (Å²) in [5, 5.41) is 0. The third-order valence-electron chi connectivity index (χ3n) is 3.77. The number of hydrogen-bond acceptors (Lipinski definition) is 3. The summed E-state index contributed by atoms with van der Waals surface area (Å²) in [6.45, 7) is 6.69. The average molecular weight is 248 g/mol. The van der Waals surface area contributed by atoms with Crippen LogP contribution in [0.5, 0.6) is 0 Å². The Morgan fingerprint density at radius 2 is 2.11 bits per heavy atom. The van der Waals surface area contributed by atoms with E-state index in [1.165, 1.54) is 24.0 Å². The molecule has 1 saturated heterocycles. The van der Waals surface area contributed by atoms with Gasteiger partial charge in [0, 0.05) is 25.7 Å². The van der Waals surface area contributed by atoms with Crippen LogP contribution in [0.1, 0.15) is 30.9 Å². The molecule has 1 aromatic rings. The lowest BCUT2D eigenvalue weighted by molar-refractivity contribution is 0.0165. The Labute approximate surface area is 110 Å². The van der Waals surface area contributed by atoms with Gasteiger partial charge in [0.1, 0.15) is 0 Å². The maximum absolute atomic E-state index is 5.80. The van der Waals surface area contributed by atoms with Gasteiger partial charge in [0.2, 0.25) is 0 Å². The molecule has 1 aliphatic heterocycles. The molecule has 3 heteroatoms. The van der Waals surface area contributed by atoms with Gasteiger partial charge in [-0.1, -0.05) is 31.2 Å². The summed E-state index contributed by atoms with van der Waals surface area (Å²) in [6.07, 6.45) is 2.43. The lowest BCUT2D eigenvalue weighted by Crippen LogP contribution is -2.40. The zero-order valence-corrected chi connectivity index (χ0v) is 11.3. The lowest BCUT2D eigenvalue weighted by Gasteiger charge is -2.33. The summed E-state index contributed by atoms with van der Waals surface area (Å²) in [5.74, 6) is 0. The summed E-state index contributed by atoms with van der Waals surface area (Å²) in [7, 11) is 0. The first-order valence-corrected chi connectivity index (χ1v) is 6.93. The van der Waals surface area contributed by atoms with E-state index < -0.39 is 0 Å². The normalized spacial score (nSPS) is 20.3. The van der Waals surface area contributed by atoms with Crippen molar-refractivity contribution in [2.45, 2.75) is 38.9 Å². The highest BCUT2D eigenvalue weighted by Crippen LogP contribution is 2.18. The van der Waals surface area contributed by atoms with E-state index in [1.54, 1.807) is 0 Å². The van der Waals surface area contributed by atoms with Crippen molar-refractivity contribution in [3.63, 3.8) is 0 Å².